The summed E-state index contributed by atoms with van der Waals surface area (Å²) in [7, 11) is 0. The third-order valence-corrected chi connectivity index (χ3v) is 8.20. The van der Waals surface area contributed by atoms with Gasteiger partial charge in [-0.25, -0.2) is 0 Å². The zero-order valence-electron chi connectivity index (χ0n) is 23.2. The summed E-state index contributed by atoms with van der Waals surface area (Å²) in [5.41, 5.74) is 9.16. The van der Waals surface area contributed by atoms with Crippen molar-refractivity contribution in [3.63, 3.8) is 0 Å². The molecule has 0 aliphatic carbocycles. The molecule has 1 atom stereocenters. The molecule has 6 aromatic rings. The molecule has 0 unspecified atom stereocenters. The molecule has 0 aromatic heterocycles. The normalized spacial score (nSPS) is 12.2. The van der Waals surface area contributed by atoms with E-state index < -0.39 is 17.4 Å². The monoisotopic (exact) mass is 548 g/mol. The Morgan fingerprint density at radius 2 is 1.00 bits per heavy atom. The first-order valence-electron chi connectivity index (χ1n) is 14.2. The van der Waals surface area contributed by atoms with Crippen molar-refractivity contribution in [1.82, 2.24) is 5.32 Å². The molecule has 6 rings (SSSR count). The molecular weight excluding hydrogens is 516 g/mol. The van der Waals surface area contributed by atoms with Crippen molar-refractivity contribution in [3.8, 4) is 0 Å². The molecule has 0 aliphatic rings. The van der Waals surface area contributed by atoms with Gasteiger partial charge in [0.2, 0.25) is 11.8 Å². The van der Waals surface area contributed by atoms with Gasteiger partial charge in [0.15, 0.2) is 0 Å². The Morgan fingerprint density at radius 1 is 0.595 bits per heavy atom. The second kappa shape index (κ2) is 11.7. The van der Waals surface area contributed by atoms with E-state index in [9.17, 15) is 9.59 Å². The number of carbonyl (C=O) groups is 2. The van der Waals surface area contributed by atoms with Gasteiger partial charge in [-0.3, -0.25) is 9.59 Å². The molecule has 2 amide bonds. The number of amides is 2. The van der Waals surface area contributed by atoms with E-state index in [-0.39, 0.29) is 18.7 Å². The lowest BCUT2D eigenvalue weighted by molar-refractivity contribution is -0.127. The van der Waals surface area contributed by atoms with Crippen LogP contribution in [0, 0.1) is 0 Å². The van der Waals surface area contributed by atoms with Crippen molar-refractivity contribution in [2.24, 2.45) is 5.73 Å². The Hall–Kier alpha value is -5.22. The average Bonchev–Trinajstić information content (AvgIpc) is 3.04. The van der Waals surface area contributed by atoms with Crippen LogP contribution in [-0.2, 0) is 21.4 Å². The van der Waals surface area contributed by atoms with Crippen molar-refractivity contribution in [3.05, 3.63) is 168 Å². The van der Waals surface area contributed by atoms with Gasteiger partial charge in [-0.05, 0) is 49.9 Å². The minimum absolute atomic E-state index is 0.102. The van der Waals surface area contributed by atoms with Gasteiger partial charge < -0.3 is 11.1 Å². The summed E-state index contributed by atoms with van der Waals surface area (Å²) in [4.78, 5) is 27.0. The highest BCUT2D eigenvalue weighted by Gasteiger charge is 2.39. The molecule has 0 saturated heterocycles. The molecule has 0 heterocycles. The van der Waals surface area contributed by atoms with Gasteiger partial charge in [0.1, 0.15) is 6.04 Å². The lowest BCUT2D eigenvalue weighted by Crippen LogP contribution is -2.48. The van der Waals surface area contributed by atoms with Gasteiger partial charge in [0.05, 0.1) is 5.41 Å². The van der Waals surface area contributed by atoms with E-state index in [0.29, 0.717) is 0 Å². The number of nitrogens with one attached hydrogen (secondary N) is 1. The highest BCUT2D eigenvalue weighted by Crippen LogP contribution is 2.42. The van der Waals surface area contributed by atoms with Crippen LogP contribution < -0.4 is 11.1 Å². The van der Waals surface area contributed by atoms with Crippen LogP contribution in [0.15, 0.2) is 146 Å². The summed E-state index contributed by atoms with van der Waals surface area (Å²) in [5.74, 6) is -0.815. The average molecular weight is 549 g/mol. The molecular formula is C38H32N2O2. The molecule has 3 N–H and O–H groups in total. The first kappa shape index (κ1) is 27.0. The highest BCUT2D eigenvalue weighted by molar-refractivity contribution is 6.03. The van der Waals surface area contributed by atoms with E-state index in [1.54, 1.807) is 0 Å². The van der Waals surface area contributed by atoms with Crippen molar-refractivity contribution in [1.29, 1.82) is 0 Å². The van der Waals surface area contributed by atoms with Gasteiger partial charge in [-0.1, -0.05) is 140 Å². The highest BCUT2D eigenvalue weighted by atomic mass is 16.2. The number of carbonyl (C=O) groups excluding carboxylic acids is 2. The molecule has 6 aromatic carbocycles. The molecule has 42 heavy (non-hydrogen) atoms. The minimum atomic E-state index is -0.883. The number of benzene rings is 6. The summed E-state index contributed by atoms with van der Waals surface area (Å²) in [6, 6.07) is 47.7. The van der Waals surface area contributed by atoms with E-state index in [2.05, 4.69) is 72.0 Å². The van der Waals surface area contributed by atoms with Gasteiger partial charge in [0.25, 0.3) is 0 Å². The molecule has 0 bridgehead atoms. The first-order chi connectivity index (χ1) is 20.6. The molecule has 0 saturated carbocycles. The minimum Gasteiger partial charge on any atom is -0.368 e. The predicted molar refractivity (Wildman–Crippen MR) is 170 cm³/mol. The summed E-state index contributed by atoms with van der Waals surface area (Å²) < 4.78 is 0. The van der Waals surface area contributed by atoms with Gasteiger partial charge in [-0.15, -0.1) is 0 Å². The zero-order valence-corrected chi connectivity index (χ0v) is 23.2. The van der Waals surface area contributed by atoms with Crippen LogP contribution in [0.3, 0.4) is 0 Å². The smallest absolute Gasteiger partial charge is 0.240 e. The summed E-state index contributed by atoms with van der Waals surface area (Å²) in [6.45, 7) is 0. The van der Waals surface area contributed by atoms with E-state index in [1.807, 2.05) is 78.9 Å². The fraction of sp³-hybridized carbons (Fsp3) is 0.105. The van der Waals surface area contributed by atoms with Gasteiger partial charge >= 0.3 is 0 Å². The lowest BCUT2D eigenvalue weighted by atomic mass is 9.67. The second-order valence-corrected chi connectivity index (χ2v) is 10.7. The summed E-state index contributed by atoms with van der Waals surface area (Å²) >= 11 is 0. The van der Waals surface area contributed by atoms with Crippen molar-refractivity contribution in [2.75, 3.05) is 0 Å². The van der Waals surface area contributed by atoms with Crippen LogP contribution in [0.5, 0.6) is 0 Å². The SMILES string of the molecule is NC(=O)[C@H](Cc1c2ccccc2cc2ccccc12)NC(=O)CC(c1ccccc1)(c1ccccc1)c1ccccc1. The number of primary amides is 1. The van der Waals surface area contributed by atoms with E-state index in [1.165, 1.54) is 0 Å². The standard InChI is InChI=1S/C38H32N2O2/c39-37(42)35(25-34-32-22-12-10-14-27(32)24-28-15-11-13-23-33(28)34)40-36(41)26-38(29-16-4-1-5-17-29,30-18-6-2-7-19-30)31-20-8-3-9-21-31/h1-24,35H,25-26H2,(H2,39,42)(H,40,41)/t35-/m0/s1. The number of hydrogen-bond acceptors (Lipinski definition) is 2. The van der Waals surface area contributed by atoms with Crippen LogP contribution in [0.25, 0.3) is 21.5 Å². The van der Waals surface area contributed by atoms with Crippen LogP contribution in [0.4, 0.5) is 0 Å². The van der Waals surface area contributed by atoms with Crippen LogP contribution in [-0.4, -0.2) is 17.9 Å². The molecule has 0 radical (unpaired) electrons. The van der Waals surface area contributed by atoms with Crippen LogP contribution >= 0.6 is 0 Å². The second-order valence-electron chi connectivity index (χ2n) is 10.7. The molecule has 4 nitrogen and oxygen atoms in total. The Labute approximate surface area is 245 Å². The van der Waals surface area contributed by atoms with Crippen LogP contribution in [0.2, 0.25) is 0 Å². The zero-order chi connectivity index (χ0) is 28.9. The maximum atomic E-state index is 14.1. The van der Waals surface area contributed by atoms with Crippen molar-refractivity contribution in [2.45, 2.75) is 24.3 Å². The molecule has 4 heteroatoms. The van der Waals surface area contributed by atoms with E-state index in [4.69, 9.17) is 5.73 Å². The quantitative estimate of drug-likeness (QED) is 0.152. The van der Waals surface area contributed by atoms with E-state index >= 15 is 0 Å². The molecule has 0 aliphatic heterocycles. The Balaban J connectivity index is 1.40. The summed E-state index contributed by atoms with van der Waals surface area (Å²) in [5, 5.41) is 7.30. The van der Waals surface area contributed by atoms with E-state index in [0.717, 1.165) is 43.8 Å². The van der Waals surface area contributed by atoms with Gasteiger partial charge in [0, 0.05) is 12.8 Å². The molecule has 0 spiro atoms. The Bertz CT molecular complexity index is 1700. The summed E-state index contributed by atoms with van der Waals surface area (Å²) in [6.07, 6.45) is 0.392. The fourth-order valence-corrected chi connectivity index (χ4v) is 6.22. The first-order valence-corrected chi connectivity index (χ1v) is 14.2. The maximum absolute atomic E-state index is 14.1. The number of nitrogens with two attached hydrogens (primary N) is 1. The van der Waals surface area contributed by atoms with Crippen molar-refractivity contribution >= 4 is 33.4 Å². The number of fused-ring (bicyclic) bond motifs is 2. The topological polar surface area (TPSA) is 72.2 Å². The fourth-order valence-electron chi connectivity index (χ4n) is 6.22. The van der Waals surface area contributed by atoms with Crippen LogP contribution in [0.1, 0.15) is 28.7 Å². The third kappa shape index (κ3) is 5.15. The Morgan fingerprint density at radius 3 is 1.43 bits per heavy atom. The predicted octanol–water partition coefficient (Wildman–Crippen LogP) is 6.93. The number of rotatable bonds is 9. The Kier molecular flexibility index (Phi) is 7.52. The van der Waals surface area contributed by atoms with Crippen molar-refractivity contribution < 1.29 is 9.59 Å². The third-order valence-electron chi connectivity index (χ3n) is 8.20. The lowest BCUT2D eigenvalue weighted by Gasteiger charge is -2.36. The molecule has 0 fully saturated rings. The number of hydrogen-bond donors (Lipinski definition) is 2. The maximum Gasteiger partial charge on any atom is 0.240 e. The largest absolute Gasteiger partial charge is 0.368 e. The van der Waals surface area contributed by atoms with Gasteiger partial charge in [-0.2, -0.15) is 0 Å². The molecule has 206 valence electrons.